The van der Waals surface area contributed by atoms with Crippen molar-refractivity contribution < 1.29 is 14.3 Å². The topological polar surface area (TPSA) is 56.3 Å². The van der Waals surface area contributed by atoms with Gasteiger partial charge in [0, 0.05) is 18.8 Å². The monoisotopic (exact) mass is 179 g/mol. The summed E-state index contributed by atoms with van der Waals surface area (Å²) in [6.07, 6.45) is 3.19. The number of hydrogen-bond acceptors (Lipinski definition) is 4. The highest BCUT2D eigenvalue weighted by Crippen LogP contribution is 1.98. The molecule has 0 fully saturated rings. The Hall–Kier alpha value is -1.71. The van der Waals surface area contributed by atoms with Gasteiger partial charge in [0.15, 0.2) is 0 Å². The molecule has 4 nitrogen and oxygen atoms in total. The van der Waals surface area contributed by atoms with E-state index < -0.39 is 11.8 Å². The van der Waals surface area contributed by atoms with Gasteiger partial charge in [-0.25, -0.2) is 4.79 Å². The van der Waals surface area contributed by atoms with Crippen LogP contribution in [0.2, 0.25) is 0 Å². The predicted molar refractivity (Wildman–Crippen MR) is 45.0 cm³/mol. The fraction of sp³-hybridized carbons (Fsp3) is 0.222. The number of ether oxygens (including phenoxy) is 1. The van der Waals surface area contributed by atoms with Crippen LogP contribution in [0.5, 0.6) is 0 Å². The Morgan fingerprint density at radius 3 is 2.85 bits per heavy atom. The third-order valence-corrected chi connectivity index (χ3v) is 1.50. The lowest BCUT2D eigenvalue weighted by Crippen LogP contribution is -2.17. The normalized spacial score (nSPS) is 9.31. The second-order valence-corrected chi connectivity index (χ2v) is 2.45. The van der Waals surface area contributed by atoms with Gasteiger partial charge in [0.25, 0.3) is 0 Å². The summed E-state index contributed by atoms with van der Waals surface area (Å²) < 4.78 is 4.28. The number of methoxy groups -OCH3 is 1. The van der Waals surface area contributed by atoms with E-state index in [0.717, 1.165) is 0 Å². The smallest absolute Gasteiger partial charge is 0.374 e. The molecule has 0 radical (unpaired) electrons. The number of aromatic nitrogens is 1. The van der Waals surface area contributed by atoms with Crippen LogP contribution >= 0.6 is 0 Å². The zero-order valence-electron chi connectivity index (χ0n) is 7.19. The molecule has 1 rings (SSSR count). The van der Waals surface area contributed by atoms with Gasteiger partial charge in [0.1, 0.15) is 0 Å². The lowest BCUT2D eigenvalue weighted by molar-refractivity contribution is -0.151. The van der Waals surface area contributed by atoms with Crippen LogP contribution in [0.15, 0.2) is 24.5 Å². The van der Waals surface area contributed by atoms with Gasteiger partial charge in [-0.15, -0.1) is 0 Å². The molecule has 4 heteroatoms. The van der Waals surface area contributed by atoms with E-state index in [1.165, 1.54) is 7.11 Å². The maximum Gasteiger partial charge on any atom is 0.374 e. The number of ketones is 1. The fourth-order valence-corrected chi connectivity index (χ4v) is 0.874. The van der Waals surface area contributed by atoms with Gasteiger partial charge >= 0.3 is 5.97 Å². The first-order chi connectivity index (χ1) is 6.24. The van der Waals surface area contributed by atoms with E-state index in [-0.39, 0.29) is 6.42 Å². The summed E-state index contributed by atoms with van der Waals surface area (Å²) in [4.78, 5) is 25.6. The lowest BCUT2D eigenvalue weighted by Gasteiger charge is -1.97. The molecule has 0 aliphatic carbocycles. The molecule has 0 saturated carbocycles. The Morgan fingerprint density at radius 2 is 2.31 bits per heavy atom. The van der Waals surface area contributed by atoms with Gasteiger partial charge in [0.05, 0.1) is 7.11 Å². The quantitative estimate of drug-likeness (QED) is 0.496. The second kappa shape index (κ2) is 4.35. The van der Waals surface area contributed by atoms with Crippen LogP contribution in [0.1, 0.15) is 5.56 Å². The Kier molecular flexibility index (Phi) is 3.14. The Labute approximate surface area is 75.5 Å². The highest BCUT2D eigenvalue weighted by atomic mass is 16.5. The fourth-order valence-electron chi connectivity index (χ4n) is 0.874. The molecular weight excluding hydrogens is 170 g/mol. The maximum absolute atomic E-state index is 11.0. The van der Waals surface area contributed by atoms with Crippen molar-refractivity contribution in [2.45, 2.75) is 6.42 Å². The van der Waals surface area contributed by atoms with Crippen molar-refractivity contribution in [2.24, 2.45) is 0 Å². The van der Waals surface area contributed by atoms with Crippen LogP contribution < -0.4 is 0 Å². The van der Waals surface area contributed by atoms with E-state index in [4.69, 9.17) is 0 Å². The summed E-state index contributed by atoms with van der Waals surface area (Å²) in [6, 6.07) is 3.44. The average Bonchev–Trinajstić information content (AvgIpc) is 2.18. The molecule has 0 atom stereocenters. The van der Waals surface area contributed by atoms with Crippen LogP contribution in [0.25, 0.3) is 0 Å². The SMILES string of the molecule is COC(=O)C(=O)Cc1cccnc1. The number of rotatable bonds is 3. The van der Waals surface area contributed by atoms with Gasteiger partial charge < -0.3 is 4.74 Å². The van der Waals surface area contributed by atoms with Crippen LogP contribution in [0.3, 0.4) is 0 Å². The van der Waals surface area contributed by atoms with Crippen molar-refractivity contribution in [3.63, 3.8) is 0 Å². The summed E-state index contributed by atoms with van der Waals surface area (Å²) >= 11 is 0. The highest BCUT2D eigenvalue weighted by molar-refractivity contribution is 6.34. The number of nitrogens with zero attached hydrogens (tertiary/aromatic N) is 1. The number of pyridine rings is 1. The molecule has 1 aromatic heterocycles. The molecule has 0 N–H and O–H groups in total. The summed E-state index contributed by atoms with van der Waals surface area (Å²) in [5.41, 5.74) is 0.706. The molecule has 0 unspecified atom stereocenters. The largest absolute Gasteiger partial charge is 0.463 e. The van der Waals surface area contributed by atoms with Crippen molar-refractivity contribution in [3.05, 3.63) is 30.1 Å². The van der Waals surface area contributed by atoms with Crippen LogP contribution in [0.4, 0.5) is 0 Å². The maximum atomic E-state index is 11.0. The van der Waals surface area contributed by atoms with Gasteiger partial charge in [-0.3, -0.25) is 9.78 Å². The van der Waals surface area contributed by atoms with Crippen molar-refractivity contribution in [1.82, 2.24) is 4.98 Å². The zero-order chi connectivity index (χ0) is 9.68. The molecule has 1 aromatic rings. The standard InChI is InChI=1S/C9H9NO3/c1-13-9(12)8(11)5-7-3-2-4-10-6-7/h2-4,6H,5H2,1H3. The van der Waals surface area contributed by atoms with Crippen molar-refractivity contribution in [2.75, 3.05) is 7.11 Å². The minimum Gasteiger partial charge on any atom is -0.463 e. The number of hydrogen-bond donors (Lipinski definition) is 0. The van der Waals surface area contributed by atoms with E-state index in [1.807, 2.05) is 0 Å². The number of esters is 1. The first-order valence-corrected chi connectivity index (χ1v) is 3.74. The molecule has 68 valence electrons. The molecule has 13 heavy (non-hydrogen) atoms. The van der Waals surface area contributed by atoms with E-state index in [0.29, 0.717) is 5.56 Å². The van der Waals surface area contributed by atoms with E-state index in [1.54, 1.807) is 24.5 Å². The Bertz CT molecular complexity index is 308. The molecule has 0 saturated heterocycles. The molecule has 0 amide bonds. The molecule has 0 aliphatic rings. The molecule has 1 heterocycles. The summed E-state index contributed by atoms with van der Waals surface area (Å²) in [5, 5.41) is 0. The third kappa shape index (κ3) is 2.66. The Morgan fingerprint density at radius 1 is 1.54 bits per heavy atom. The summed E-state index contributed by atoms with van der Waals surface area (Å²) in [6.45, 7) is 0. The summed E-state index contributed by atoms with van der Waals surface area (Å²) in [5.74, 6) is -1.38. The summed E-state index contributed by atoms with van der Waals surface area (Å²) in [7, 11) is 1.18. The molecule has 0 spiro atoms. The van der Waals surface area contributed by atoms with Crippen molar-refractivity contribution in [1.29, 1.82) is 0 Å². The Balaban J connectivity index is 2.60. The van der Waals surface area contributed by atoms with Gasteiger partial charge in [-0.2, -0.15) is 0 Å². The molecule has 0 bridgehead atoms. The molecule has 0 aliphatic heterocycles. The van der Waals surface area contributed by atoms with Gasteiger partial charge in [-0.05, 0) is 11.6 Å². The molecule has 0 aromatic carbocycles. The van der Waals surface area contributed by atoms with Crippen LogP contribution in [-0.4, -0.2) is 23.8 Å². The van der Waals surface area contributed by atoms with Crippen molar-refractivity contribution in [3.8, 4) is 0 Å². The van der Waals surface area contributed by atoms with Crippen molar-refractivity contribution >= 4 is 11.8 Å². The predicted octanol–water partition coefficient (Wildman–Crippen LogP) is 0.366. The third-order valence-electron chi connectivity index (χ3n) is 1.50. The van der Waals surface area contributed by atoms with Crippen LogP contribution in [0, 0.1) is 0 Å². The first-order valence-electron chi connectivity index (χ1n) is 3.74. The highest BCUT2D eigenvalue weighted by Gasteiger charge is 2.13. The zero-order valence-corrected chi connectivity index (χ0v) is 7.19. The number of Topliss-reactive ketones (excluding diaryl/α,β-unsaturated/α-hetero) is 1. The average molecular weight is 179 g/mol. The van der Waals surface area contributed by atoms with E-state index >= 15 is 0 Å². The van der Waals surface area contributed by atoms with E-state index in [9.17, 15) is 9.59 Å². The van der Waals surface area contributed by atoms with Crippen LogP contribution in [-0.2, 0) is 20.7 Å². The minimum absolute atomic E-state index is 0.0422. The minimum atomic E-state index is -0.816. The first kappa shape index (κ1) is 9.38. The lowest BCUT2D eigenvalue weighted by atomic mass is 10.1. The van der Waals surface area contributed by atoms with Gasteiger partial charge in [0.2, 0.25) is 5.78 Å². The van der Waals surface area contributed by atoms with E-state index in [2.05, 4.69) is 9.72 Å². The van der Waals surface area contributed by atoms with Gasteiger partial charge in [-0.1, -0.05) is 6.07 Å². The number of carbonyl (C=O) groups excluding carboxylic acids is 2. The molecular formula is C9H9NO3. The number of carbonyl (C=O) groups is 2. The second-order valence-electron chi connectivity index (χ2n) is 2.45.